The second kappa shape index (κ2) is 6.66. The van der Waals surface area contributed by atoms with E-state index in [4.69, 9.17) is 4.74 Å². The molecule has 1 amide bonds. The summed E-state index contributed by atoms with van der Waals surface area (Å²) in [6.07, 6.45) is 1.75. The summed E-state index contributed by atoms with van der Waals surface area (Å²) in [6, 6.07) is 6.07. The van der Waals surface area contributed by atoms with E-state index in [1.807, 2.05) is 4.90 Å². The van der Waals surface area contributed by atoms with Crippen LogP contribution in [0.5, 0.6) is 5.75 Å². The van der Waals surface area contributed by atoms with Gasteiger partial charge in [-0.25, -0.2) is 4.39 Å². The van der Waals surface area contributed by atoms with Gasteiger partial charge < -0.3 is 9.64 Å². The number of thioether (sulfide) groups is 1. The second-order valence-electron chi connectivity index (χ2n) is 5.37. The van der Waals surface area contributed by atoms with Crippen molar-refractivity contribution in [1.29, 1.82) is 0 Å². The first kappa shape index (κ1) is 14.7. The monoisotopic (exact) mass is 310 g/mol. The van der Waals surface area contributed by atoms with E-state index in [1.54, 1.807) is 23.9 Å². The molecule has 0 spiro atoms. The van der Waals surface area contributed by atoms with Crippen LogP contribution in [0.2, 0.25) is 0 Å². The van der Waals surface area contributed by atoms with E-state index < -0.39 is 0 Å². The van der Waals surface area contributed by atoms with Gasteiger partial charge >= 0.3 is 0 Å². The molecule has 0 aliphatic carbocycles. The van der Waals surface area contributed by atoms with E-state index in [0.717, 1.165) is 37.6 Å². The van der Waals surface area contributed by atoms with E-state index in [1.165, 1.54) is 12.1 Å². The molecule has 0 aromatic heterocycles. The van der Waals surface area contributed by atoms with Gasteiger partial charge in [0.25, 0.3) is 0 Å². The molecule has 114 valence electrons. The number of carbonyl (C=O) groups excluding carboxylic acids is 1. The molecule has 1 aromatic carbocycles. The molecular formula is C15H19FN2O2S. The van der Waals surface area contributed by atoms with Gasteiger partial charge in [-0.2, -0.15) is 0 Å². The van der Waals surface area contributed by atoms with Crippen LogP contribution in [-0.4, -0.2) is 47.7 Å². The number of rotatable bonds is 3. The number of hydrogen-bond donors (Lipinski definition) is 1. The predicted octanol–water partition coefficient (Wildman–Crippen LogP) is 1.86. The Morgan fingerprint density at radius 3 is 2.62 bits per heavy atom. The smallest absolute Gasteiger partial charge is 0.240 e. The third kappa shape index (κ3) is 3.68. The molecule has 4 nitrogen and oxygen atoms in total. The van der Waals surface area contributed by atoms with Gasteiger partial charge in [0.15, 0.2) is 0 Å². The molecule has 3 rings (SSSR count). The number of hydrogen-bond acceptors (Lipinski definition) is 4. The van der Waals surface area contributed by atoms with E-state index >= 15 is 0 Å². The highest BCUT2D eigenvalue weighted by Gasteiger charge is 2.30. The van der Waals surface area contributed by atoms with E-state index in [2.05, 4.69) is 5.32 Å². The minimum atomic E-state index is -0.260. The highest BCUT2D eigenvalue weighted by Crippen LogP contribution is 2.21. The van der Waals surface area contributed by atoms with Crippen LogP contribution in [0, 0.1) is 5.82 Å². The van der Waals surface area contributed by atoms with Gasteiger partial charge in [0.05, 0.1) is 6.04 Å². The van der Waals surface area contributed by atoms with Gasteiger partial charge in [-0.3, -0.25) is 10.1 Å². The van der Waals surface area contributed by atoms with Gasteiger partial charge in [-0.05, 0) is 24.3 Å². The predicted molar refractivity (Wildman–Crippen MR) is 80.9 cm³/mol. The molecule has 0 bridgehead atoms. The summed E-state index contributed by atoms with van der Waals surface area (Å²) in [4.78, 5) is 14.2. The molecule has 2 aliphatic heterocycles. The number of amides is 1. The minimum absolute atomic E-state index is 0.0235. The third-order valence-corrected chi connectivity index (χ3v) is 4.82. The number of ether oxygens (including phenoxy) is 1. The van der Waals surface area contributed by atoms with Crippen molar-refractivity contribution in [1.82, 2.24) is 10.2 Å². The van der Waals surface area contributed by atoms with Crippen molar-refractivity contribution in [3.8, 4) is 5.75 Å². The zero-order valence-electron chi connectivity index (χ0n) is 11.8. The highest BCUT2D eigenvalue weighted by molar-refractivity contribution is 7.99. The molecule has 0 radical (unpaired) electrons. The first-order chi connectivity index (χ1) is 10.2. The fourth-order valence-corrected chi connectivity index (χ4v) is 3.61. The molecule has 1 N–H and O–H groups in total. The van der Waals surface area contributed by atoms with Crippen molar-refractivity contribution < 1.29 is 13.9 Å². The summed E-state index contributed by atoms with van der Waals surface area (Å²) < 4.78 is 18.7. The lowest BCUT2D eigenvalue weighted by atomic mass is 10.1. The number of carbonyl (C=O) groups is 1. The topological polar surface area (TPSA) is 41.6 Å². The fourth-order valence-electron chi connectivity index (χ4n) is 2.67. The third-order valence-electron chi connectivity index (χ3n) is 3.88. The molecule has 1 unspecified atom stereocenters. The lowest BCUT2D eigenvalue weighted by Crippen LogP contribution is -2.49. The van der Waals surface area contributed by atoms with Crippen molar-refractivity contribution >= 4 is 17.7 Å². The Balaban J connectivity index is 1.48. The van der Waals surface area contributed by atoms with Crippen LogP contribution in [0.25, 0.3) is 0 Å². The second-order valence-corrected chi connectivity index (χ2v) is 6.40. The first-order valence-corrected chi connectivity index (χ1v) is 8.40. The SMILES string of the molecule is O=C(C1CSCN1)N1CCC(Oc2ccc(F)cc2)CC1. The summed E-state index contributed by atoms with van der Waals surface area (Å²) in [5.41, 5.74) is 0. The van der Waals surface area contributed by atoms with Crippen molar-refractivity contribution in [2.75, 3.05) is 24.7 Å². The molecular weight excluding hydrogens is 291 g/mol. The zero-order valence-corrected chi connectivity index (χ0v) is 12.6. The highest BCUT2D eigenvalue weighted by atomic mass is 32.2. The van der Waals surface area contributed by atoms with Gasteiger partial charge in [0.2, 0.25) is 5.91 Å². The maximum Gasteiger partial charge on any atom is 0.240 e. The molecule has 0 saturated carbocycles. The summed E-state index contributed by atoms with van der Waals surface area (Å²) in [5, 5.41) is 3.21. The van der Waals surface area contributed by atoms with E-state index in [0.29, 0.717) is 5.75 Å². The molecule has 2 heterocycles. The average Bonchev–Trinajstić information content (AvgIpc) is 3.04. The van der Waals surface area contributed by atoms with Crippen LogP contribution >= 0.6 is 11.8 Å². The Hall–Kier alpha value is -1.27. The molecule has 1 atom stereocenters. The standard InChI is InChI=1S/C15H19FN2O2S/c16-11-1-3-12(4-2-11)20-13-5-7-18(8-6-13)15(19)14-9-21-10-17-14/h1-4,13-14,17H,5-10H2. The number of halogens is 1. The average molecular weight is 310 g/mol. The number of piperidine rings is 1. The number of nitrogens with one attached hydrogen (secondary N) is 1. The van der Waals surface area contributed by atoms with Crippen molar-refractivity contribution in [2.24, 2.45) is 0 Å². The number of likely N-dealkylation sites (tertiary alicyclic amines) is 1. The fraction of sp³-hybridized carbons (Fsp3) is 0.533. The van der Waals surface area contributed by atoms with Crippen molar-refractivity contribution in [2.45, 2.75) is 25.0 Å². The number of benzene rings is 1. The summed E-state index contributed by atoms with van der Waals surface area (Å²) in [5.74, 6) is 2.37. The molecule has 2 saturated heterocycles. The lowest BCUT2D eigenvalue weighted by molar-refractivity contribution is -0.134. The van der Waals surface area contributed by atoms with Crippen LogP contribution in [0.3, 0.4) is 0 Å². The molecule has 2 aliphatic rings. The Kier molecular flexibility index (Phi) is 4.65. The van der Waals surface area contributed by atoms with Gasteiger partial charge in [-0.1, -0.05) is 0 Å². The van der Waals surface area contributed by atoms with Crippen LogP contribution in [0.15, 0.2) is 24.3 Å². The normalized spacial score (nSPS) is 23.3. The Morgan fingerprint density at radius 2 is 2.00 bits per heavy atom. The van der Waals surface area contributed by atoms with E-state index in [9.17, 15) is 9.18 Å². The van der Waals surface area contributed by atoms with Crippen LogP contribution < -0.4 is 10.1 Å². The zero-order chi connectivity index (χ0) is 14.7. The summed E-state index contributed by atoms with van der Waals surface area (Å²) in [6.45, 7) is 1.46. The van der Waals surface area contributed by atoms with Crippen LogP contribution in [0.4, 0.5) is 4.39 Å². The summed E-state index contributed by atoms with van der Waals surface area (Å²) >= 11 is 1.76. The first-order valence-electron chi connectivity index (χ1n) is 7.24. The van der Waals surface area contributed by atoms with Gasteiger partial charge in [0, 0.05) is 37.6 Å². The summed E-state index contributed by atoms with van der Waals surface area (Å²) in [7, 11) is 0. The Bertz CT molecular complexity index is 483. The molecule has 6 heteroatoms. The molecule has 2 fully saturated rings. The number of nitrogens with zero attached hydrogens (tertiary/aromatic N) is 1. The maximum absolute atomic E-state index is 12.8. The van der Waals surface area contributed by atoms with Crippen LogP contribution in [-0.2, 0) is 4.79 Å². The maximum atomic E-state index is 12.8. The van der Waals surface area contributed by atoms with Crippen LogP contribution in [0.1, 0.15) is 12.8 Å². The Morgan fingerprint density at radius 1 is 1.29 bits per heavy atom. The quantitative estimate of drug-likeness (QED) is 0.925. The van der Waals surface area contributed by atoms with Crippen molar-refractivity contribution in [3.63, 3.8) is 0 Å². The van der Waals surface area contributed by atoms with E-state index in [-0.39, 0.29) is 23.9 Å². The lowest BCUT2D eigenvalue weighted by Gasteiger charge is -2.33. The minimum Gasteiger partial charge on any atom is -0.490 e. The van der Waals surface area contributed by atoms with Crippen molar-refractivity contribution in [3.05, 3.63) is 30.1 Å². The molecule has 21 heavy (non-hydrogen) atoms. The largest absolute Gasteiger partial charge is 0.490 e. The molecule has 1 aromatic rings. The van der Waals surface area contributed by atoms with Gasteiger partial charge in [-0.15, -0.1) is 11.8 Å². The Labute approximate surface area is 128 Å². The van der Waals surface area contributed by atoms with Gasteiger partial charge in [0.1, 0.15) is 17.7 Å².